The highest BCUT2D eigenvalue weighted by Gasteiger charge is 2.36. The molecule has 1 aliphatic heterocycles. The lowest BCUT2D eigenvalue weighted by molar-refractivity contribution is -0.141. The second kappa shape index (κ2) is 13.2. The molecule has 3 atom stereocenters. The number of Topliss-reactive ketones (excluding diaryl/α,β-unsaturated/α-hetero) is 2. The molecule has 1 heterocycles. The molecule has 0 unspecified atom stereocenters. The van der Waals surface area contributed by atoms with E-state index < -0.39 is 18.0 Å². The van der Waals surface area contributed by atoms with Gasteiger partial charge < -0.3 is 10.2 Å². The van der Waals surface area contributed by atoms with Gasteiger partial charge in [-0.2, -0.15) is 0 Å². The van der Waals surface area contributed by atoms with Crippen molar-refractivity contribution in [3.8, 4) is 0 Å². The van der Waals surface area contributed by atoms with Gasteiger partial charge in [0, 0.05) is 38.1 Å². The van der Waals surface area contributed by atoms with Gasteiger partial charge in [0.15, 0.2) is 17.3 Å². The second-order valence-electron chi connectivity index (χ2n) is 8.90. The fraction of sp³-hybridized carbons (Fsp3) is 0.708. The van der Waals surface area contributed by atoms with Gasteiger partial charge in [0.2, 0.25) is 11.8 Å². The van der Waals surface area contributed by atoms with Crippen LogP contribution in [0.2, 0.25) is 0 Å². The van der Waals surface area contributed by atoms with Crippen LogP contribution in [-0.4, -0.2) is 52.7 Å². The third-order valence-electron chi connectivity index (χ3n) is 5.59. The molecule has 2 amide bonds. The van der Waals surface area contributed by atoms with E-state index in [9.17, 15) is 24.0 Å². The SMILES string of the molecule is C=CC(=O)C[C@@H](C)C(=O)N1CCC[C@H]1C(=O)CCC(=O)N[C@@H](CC(C)C)C(=O)CCC. The Hall–Kier alpha value is -2.31. The van der Waals surface area contributed by atoms with Gasteiger partial charge in [-0.1, -0.05) is 34.3 Å². The normalized spacial score (nSPS) is 17.8. The number of hydrogen-bond donors (Lipinski definition) is 1. The van der Waals surface area contributed by atoms with Crippen molar-refractivity contribution in [2.75, 3.05) is 6.54 Å². The first-order valence-corrected chi connectivity index (χ1v) is 11.4. The Balaban J connectivity index is 2.63. The number of carbonyl (C=O) groups is 5. The lowest BCUT2D eigenvalue weighted by Gasteiger charge is -2.26. The first-order valence-electron chi connectivity index (χ1n) is 11.4. The summed E-state index contributed by atoms with van der Waals surface area (Å²) in [5.41, 5.74) is 0. The zero-order valence-corrected chi connectivity index (χ0v) is 19.4. The molecule has 7 nitrogen and oxygen atoms in total. The Morgan fingerprint density at radius 2 is 1.77 bits per heavy atom. The summed E-state index contributed by atoms with van der Waals surface area (Å²) in [5.74, 6) is -1.10. The Morgan fingerprint density at radius 1 is 1.10 bits per heavy atom. The van der Waals surface area contributed by atoms with E-state index in [0.29, 0.717) is 25.8 Å². The number of hydrogen-bond acceptors (Lipinski definition) is 5. The number of nitrogens with one attached hydrogen (secondary N) is 1. The van der Waals surface area contributed by atoms with Gasteiger partial charge in [-0.25, -0.2) is 0 Å². The van der Waals surface area contributed by atoms with E-state index >= 15 is 0 Å². The number of nitrogens with zero attached hydrogens (tertiary/aromatic N) is 1. The maximum Gasteiger partial charge on any atom is 0.226 e. The van der Waals surface area contributed by atoms with Crippen LogP contribution >= 0.6 is 0 Å². The fourth-order valence-corrected chi connectivity index (χ4v) is 3.95. The lowest BCUT2D eigenvalue weighted by atomic mass is 9.97. The smallest absolute Gasteiger partial charge is 0.226 e. The van der Waals surface area contributed by atoms with E-state index in [2.05, 4.69) is 11.9 Å². The Kier molecular flexibility index (Phi) is 11.4. The largest absolute Gasteiger partial charge is 0.346 e. The molecule has 1 N–H and O–H groups in total. The van der Waals surface area contributed by atoms with Crippen molar-refractivity contribution in [1.82, 2.24) is 10.2 Å². The van der Waals surface area contributed by atoms with E-state index in [4.69, 9.17) is 0 Å². The Labute approximate surface area is 186 Å². The van der Waals surface area contributed by atoms with Gasteiger partial charge in [0.1, 0.15) is 0 Å². The molecular formula is C24H38N2O5. The van der Waals surface area contributed by atoms with Crippen LogP contribution < -0.4 is 5.32 Å². The van der Waals surface area contributed by atoms with E-state index in [0.717, 1.165) is 12.8 Å². The van der Waals surface area contributed by atoms with E-state index in [1.807, 2.05) is 20.8 Å². The van der Waals surface area contributed by atoms with Gasteiger partial charge in [0.25, 0.3) is 0 Å². The summed E-state index contributed by atoms with van der Waals surface area (Å²) < 4.78 is 0. The Morgan fingerprint density at radius 3 is 2.35 bits per heavy atom. The monoisotopic (exact) mass is 434 g/mol. The molecule has 0 aromatic carbocycles. The summed E-state index contributed by atoms with van der Waals surface area (Å²) >= 11 is 0. The van der Waals surface area contributed by atoms with Crippen molar-refractivity contribution >= 4 is 29.2 Å². The molecular weight excluding hydrogens is 396 g/mol. The fourth-order valence-electron chi connectivity index (χ4n) is 3.95. The van der Waals surface area contributed by atoms with Crippen LogP contribution in [0.5, 0.6) is 0 Å². The minimum absolute atomic E-state index is 0.00410. The standard InChI is InChI=1S/C24H38N2O5/c1-6-9-21(28)19(14-16(3)4)25-23(30)12-11-22(29)20-10-8-13-26(20)24(31)17(5)15-18(27)7-2/h7,16-17,19-20H,2,6,8-15H2,1,3-5H3,(H,25,30)/t17-,19+,20+/m1/s1. The zero-order valence-electron chi connectivity index (χ0n) is 19.4. The summed E-state index contributed by atoms with van der Waals surface area (Å²) in [6.07, 6.45) is 4.30. The summed E-state index contributed by atoms with van der Waals surface area (Å²) in [6.45, 7) is 11.5. The minimum atomic E-state index is -0.547. The Bertz CT molecular complexity index is 685. The molecule has 7 heteroatoms. The number of amides is 2. The molecule has 0 spiro atoms. The van der Waals surface area contributed by atoms with Crippen LogP contribution in [0.1, 0.15) is 79.1 Å². The first kappa shape index (κ1) is 26.7. The first-order chi connectivity index (χ1) is 14.6. The van der Waals surface area contributed by atoms with Gasteiger partial charge >= 0.3 is 0 Å². The molecule has 0 saturated carbocycles. The lowest BCUT2D eigenvalue weighted by Crippen LogP contribution is -2.44. The highest BCUT2D eigenvalue weighted by Crippen LogP contribution is 2.23. The second-order valence-corrected chi connectivity index (χ2v) is 8.90. The maximum absolute atomic E-state index is 12.7. The van der Waals surface area contributed by atoms with Crippen LogP contribution in [0, 0.1) is 11.8 Å². The van der Waals surface area contributed by atoms with E-state index in [1.165, 1.54) is 6.08 Å². The average Bonchev–Trinajstić information content (AvgIpc) is 3.20. The maximum atomic E-state index is 12.7. The number of allylic oxidation sites excluding steroid dienone is 1. The van der Waals surface area contributed by atoms with Crippen LogP contribution in [0.15, 0.2) is 12.7 Å². The van der Waals surface area contributed by atoms with E-state index in [1.54, 1.807) is 11.8 Å². The van der Waals surface area contributed by atoms with Crippen molar-refractivity contribution < 1.29 is 24.0 Å². The topological polar surface area (TPSA) is 101 Å². The third-order valence-corrected chi connectivity index (χ3v) is 5.59. The number of ketones is 3. The van der Waals surface area contributed by atoms with Crippen molar-refractivity contribution in [3.63, 3.8) is 0 Å². The van der Waals surface area contributed by atoms with Gasteiger partial charge in [-0.15, -0.1) is 0 Å². The molecule has 0 aliphatic carbocycles. The molecule has 1 saturated heterocycles. The zero-order chi connectivity index (χ0) is 23.6. The molecule has 174 valence electrons. The van der Waals surface area contributed by atoms with E-state index in [-0.39, 0.29) is 54.3 Å². The molecule has 0 aromatic rings. The van der Waals surface area contributed by atoms with Crippen LogP contribution in [0.25, 0.3) is 0 Å². The highest BCUT2D eigenvalue weighted by atomic mass is 16.2. The molecule has 1 fully saturated rings. The minimum Gasteiger partial charge on any atom is -0.346 e. The molecule has 1 rings (SSSR count). The van der Waals surface area contributed by atoms with Gasteiger partial charge in [-0.3, -0.25) is 24.0 Å². The average molecular weight is 435 g/mol. The van der Waals surface area contributed by atoms with Crippen molar-refractivity contribution in [2.24, 2.45) is 11.8 Å². The molecule has 31 heavy (non-hydrogen) atoms. The van der Waals surface area contributed by atoms with Gasteiger partial charge in [-0.05, 0) is 37.7 Å². The molecule has 0 radical (unpaired) electrons. The predicted octanol–water partition coefficient (Wildman–Crippen LogP) is 3.01. The summed E-state index contributed by atoms with van der Waals surface area (Å²) in [5, 5.41) is 2.79. The summed E-state index contributed by atoms with van der Waals surface area (Å²) in [4.78, 5) is 63.2. The predicted molar refractivity (Wildman–Crippen MR) is 119 cm³/mol. The highest BCUT2D eigenvalue weighted by molar-refractivity contribution is 5.96. The van der Waals surface area contributed by atoms with Crippen LogP contribution in [-0.2, 0) is 24.0 Å². The molecule has 0 aromatic heterocycles. The molecule has 1 aliphatic rings. The number of likely N-dealkylation sites (tertiary alicyclic amines) is 1. The van der Waals surface area contributed by atoms with Gasteiger partial charge in [0.05, 0.1) is 12.1 Å². The van der Waals surface area contributed by atoms with Crippen molar-refractivity contribution in [3.05, 3.63) is 12.7 Å². The van der Waals surface area contributed by atoms with Crippen molar-refractivity contribution in [2.45, 2.75) is 91.1 Å². The van der Waals surface area contributed by atoms with Crippen molar-refractivity contribution in [1.29, 1.82) is 0 Å². The van der Waals surface area contributed by atoms with Crippen LogP contribution in [0.3, 0.4) is 0 Å². The molecule has 0 bridgehead atoms. The number of carbonyl (C=O) groups excluding carboxylic acids is 5. The quantitative estimate of drug-likeness (QED) is 0.424. The number of rotatable bonds is 14. The summed E-state index contributed by atoms with van der Waals surface area (Å²) in [6, 6.07) is -1.06. The van der Waals surface area contributed by atoms with Crippen LogP contribution in [0.4, 0.5) is 0 Å². The third kappa shape index (κ3) is 8.75. The summed E-state index contributed by atoms with van der Waals surface area (Å²) in [7, 11) is 0.